The van der Waals surface area contributed by atoms with Gasteiger partial charge in [0.15, 0.2) is 0 Å². The molecule has 1 aliphatic carbocycles. The molecule has 1 aromatic carbocycles. The maximum Gasteiger partial charge on any atom is 0.223 e. The van der Waals surface area contributed by atoms with Gasteiger partial charge in [0.2, 0.25) is 5.91 Å². The van der Waals surface area contributed by atoms with Gasteiger partial charge in [-0.2, -0.15) is 0 Å². The van der Waals surface area contributed by atoms with Crippen LogP contribution < -0.4 is 5.32 Å². The summed E-state index contributed by atoms with van der Waals surface area (Å²) >= 11 is 0. The molecule has 0 bridgehead atoms. The van der Waals surface area contributed by atoms with Gasteiger partial charge in [-0.25, -0.2) is 0 Å². The van der Waals surface area contributed by atoms with Gasteiger partial charge in [0, 0.05) is 12.5 Å². The van der Waals surface area contributed by atoms with Crippen molar-refractivity contribution in [2.75, 3.05) is 6.54 Å². The minimum Gasteiger partial charge on any atom is -0.355 e. The van der Waals surface area contributed by atoms with E-state index in [1.807, 2.05) is 6.07 Å². The smallest absolute Gasteiger partial charge is 0.223 e. The van der Waals surface area contributed by atoms with Crippen LogP contribution in [0.5, 0.6) is 0 Å². The first-order chi connectivity index (χ1) is 8.77. The van der Waals surface area contributed by atoms with E-state index < -0.39 is 0 Å². The van der Waals surface area contributed by atoms with Crippen LogP contribution in [0.25, 0.3) is 0 Å². The van der Waals surface area contributed by atoms with Crippen molar-refractivity contribution in [3.05, 3.63) is 35.9 Å². The molecule has 1 aromatic rings. The maximum absolute atomic E-state index is 12.0. The molecule has 2 nitrogen and oxygen atoms in total. The van der Waals surface area contributed by atoms with Gasteiger partial charge in [-0.05, 0) is 24.3 Å². The summed E-state index contributed by atoms with van der Waals surface area (Å²) in [7, 11) is 0. The molecule has 2 heteroatoms. The van der Waals surface area contributed by atoms with Crippen LogP contribution in [0.1, 0.15) is 50.5 Å². The van der Waals surface area contributed by atoms with Gasteiger partial charge in [0.1, 0.15) is 0 Å². The lowest BCUT2D eigenvalue weighted by Crippen LogP contribution is -2.34. The van der Waals surface area contributed by atoms with E-state index in [0.29, 0.717) is 5.92 Å². The Kier molecular flexibility index (Phi) is 4.80. The molecule has 0 heterocycles. The van der Waals surface area contributed by atoms with Crippen molar-refractivity contribution in [2.24, 2.45) is 5.92 Å². The van der Waals surface area contributed by atoms with E-state index in [2.05, 4.69) is 36.5 Å². The van der Waals surface area contributed by atoms with E-state index in [9.17, 15) is 4.79 Å². The minimum absolute atomic E-state index is 0.262. The van der Waals surface area contributed by atoms with Crippen LogP contribution in [0, 0.1) is 5.92 Å². The molecular formula is C16H23NO. The van der Waals surface area contributed by atoms with Gasteiger partial charge in [0.05, 0.1) is 0 Å². The quantitative estimate of drug-likeness (QED) is 0.864. The summed E-state index contributed by atoms with van der Waals surface area (Å²) in [5.74, 6) is 0.915. The van der Waals surface area contributed by atoms with E-state index >= 15 is 0 Å². The molecule has 0 unspecified atom stereocenters. The van der Waals surface area contributed by atoms with Crippen molar-refractivity contribution in [3.63, 3.8) is 0 Å². The largest absolute Gasteiger partial charge is 0.355 e. The highest BCUT2D eigenvalue weighted by Gasteiger charge is 2.21. The number of carbonyl (C=O) groups is 1. The van der Waals surface area contributed by atoms with Crippen LogP contribution >= 0.6 is 0 Å². The Balaban J connectivity index is 1.78. The fourth-order valence-electron chi connectivity index (χ4n) is 2.66. The Morgan fingerprint density at radius 3 is 2.56 bits per heavy atom. The molecule has 0 saturated heterocycles. The van der Waals surface area contributed by atoms with Crippen molar-refractivity contribution in [1.82, 2.24) is 5.32 Å². The zero-order chi connectivity index (χ0) is 12.8. The van der Waals surface area contributed by atoms with Crippen molar-refractivity contribution in [1.29, 1.82) is 0 Å². The van der Waals surface area contributed by atoms with Gasteiger partial charge in [-0.3, -0.25) is 4.79 Å². The number of rotatable bonds is 4. The highest BCUT2D eigenvalue weighted by Crippen LogP contribution is 2.23. The van der Waals surface area contributed by atoms with Gasteiger partial charge in [-0.15, -0.1) is 0 Å². The molecule has 0 aromatic heterocycles. The van der Waals surface area contributed by atoms with E-state index in [1.165, 1.54) is 24.8 Å². The molecule has 1 saturated carbocycles. The number of nitrogens with one attached hydrogen (secondary N) is 1. The van der Waals surface area contributed by atoms with Crippen LogP contribution in [0.15, 0.2) is 30.3 Å². The fraction of sp³-hybridized carbons (Fsp3) is 0.562. The number of benzene rings is 1. The zero-order valence-corrected chi connectivity index (χ0v) is 11.2. The molecule has 1 atom stereocenters. The summed E-state index contributed by atoms with van der Waals surface area (Å²) in [6.07, 6.45) is 5.87. The summed E-state index contributed by atoms with van der Waals surface area (Å²) in [5.41, 5.74) is 1.29. The van der Waals surface area contributed by atoms with Gasteiger partial charge >= 0.3 is 0 Å². The summed E-state index contributed by atoms with van der Waals surface area (Å²) in [6.45, 7) is 2.91. The molecule has 0 radical (unpaired) electrons. The van der Waals surface area contributed by atoms with Gasteiger partial charge in [-0.1, -0.05) is 56.5 Å². The predicted octanol–water partition coefficient (Wildman–Crippen LogP) is 3.49. The Bertz CT molecular complexity index is 368. The molecular weight excluding hydrogens is 222 g/mol. The van der Waals surface area contributed by atoms with Crippen molar-refractivity contribution in [2.45, 2.75) is 44.9 Å². The molecule has 0 aliphatic heterocycles. The molecule has 18 heavy (non-hydrogen) atoms. The van der Waals surface area contributed by atoms with Crippen molar-refractivity contribution >= 4 is 5.91 Å². The molecule has 98 valence electrons. The molecule has 0 spiro atoms. The Hall–Kier alpha value is -1.31. The standard InChI is InChI=1S/C16H23NO/c1-13(14-8-4-2-5-9-14)12-17-16(18)15-10-6-3-7-11-15/h2,4-5,8-9,13,15H,3,6-7,10-12H2,1H3,(H,17,18)/t13-/m0/s1. The number of amides is 1. The summed E-state index contributed by atoms with van der Waals surface area (Å²) in [5, 5.41) is 3.11. The SMILES string of the molecule is C[C@@H](CNC(=O)C1CCCCC1)c1ccccc1. The first-order valence-corrected chi connectivity index (χ1v) is 7.10. The maximum atomic E-state index is 12.0. The normalized spacial score (nSPS) is 18.3. The minimum atomic E-state index is 0.262. The second-order valence-electron chi connectivity index (χ2n) is 5.39. The molecule has 1 amide bonds. The predicted molar refractivity (Wildman–Crippen MR) is 74.4 cm³/mol. The third kappa shape index (κ3) is 3.59. The van der Waals surface area contributed by atoms with Crippen LogP contribution in [-0.4, -0.2) is 12.5 Å². The third-order valence-corrected chi connectivity index (χ3v) is 3.93. The molecule has 1 fully saturated rings. The van der Waals surface area contributed by atoms with E-state index in [0.717, 1.165) is 19.4 Å². The van der Waals surface area contributed by atoms with Gasteiger partial charge in [0.25, 0.3) is 0 Å². The molecule has 1 aliphatic rings. The zero-order valence-electron chi connectivity index (χ0n) is 11.2. The van der Waals surface area contributed by atoms with Crippen molar-refractivity contribution in [3.8, 4) is 0 Å². The Labute approximate surface area is 110 Å². The number of hydrogen-bond donors (Lipinski definition) is 1. The van der Waals surface area contributed by atoms with Crippen LogP contribution in [0.4, 0.5) is 0 Å². The second kappa shape index (κ2) is 6.58. The summed E-state index contributed by atoms with van der Waals surface area (Å²) < 4.78 is 0. The average Bonchev–Trinajstić information content (AvgIpc) is 2.46. The highest BCUT2D eigenvalue weighted by molar-refractivity contribution is 5.78. The summed E-state index contributed by atoms with van der Waals surface area (Å²) in [4.78, 5) is 12.0. The number of carbonyl (C=O) groups excluding carboxylic acids is 1. The first kappa shape index (κ1) is 13.1. The lowest BCUT2D eigenvalue weighted by Gasteiger charge is -2.22. The second-order valence-corrected chi connectivity index (χ2v) is 5.39. The van der Waals surface area contributed by atoms with Crippen LogP contribution in [0.3, 0.4) is 0 Å². The molecule has 2 rings (SSSR count). The lowest BCUT2D eigenvalue weighted by molar-refractivity contribution is -0.125. The van der Waals surface area contributed by atoms with Crippen molar-refractivity contribution < 1.29 is 4.79 Å². The monoisotopic (exact) mass is 245 g/mol. The van der Waals surface area contributed by atoms with E-state index in [4.69, 9.17) is 0 Å². The Morgan fingerprint density at radius 2 is 1.89 bits per heavy atom. The lowest BCUT2D eigenvalue weighted by atomic mass is 9.88. The first-order valence-electron chi connectivity index (χ1n) is 7.10. The number of hydrogen-bond acceptors (Lipinski definition) is 1. The average molecular weight is 245 g/mol. The third-order valence-electron chi connectivity index (χ3n) is 3.93. The van der Waals surface area contributed by atoms with Crippen LogP contribution in [0.2, 0.25) is 0 Å². The fourth-order valence-corrected chi connectivity index (χ4v) is 2.66. The Morgan fingerprint density at radius 1 is 1.22 bits per heavy atom. The topological polar surface area (TPSA) is 29.1 Å². The van der Waals surface area contributed by atoms with Crippen LogP contribution in [-0.2, 0) is 4.79 Å². The van der Waals surface area contributed by atoms with E-state index in [-0.39, 0.29) is 11.8 Å². The molecule has 1 N–H and O–H groups in total. The van der Waals surface area contributed by atoms with Gasteiger partial charge < -0.3 is 5.32 Å². The van der Waals surface area contributed by atoms with E-state index in [1.54, 1.807) is 0 Å². The highest BCUT2D eigenvalue weighted by atomic mass is 16.1. The summed E-state index contributed by atoms with van der Waals surface area (Å²) in [6, 6.07) is 10.4.